The van der Waals surface area contributed by atoms with E-state index < -0.39 is 0 Å². The van der Waals surface area contributed by atoms with Gasteiger partial charge in [0.05, 0.1) is 22.4 Å². The van der Waals surface area contributed by atoms with Gasteiger partial charge in [-0.25, -0.2) is 9.97 Å². The summed E-state index contributed by atoms with van der Waals surface area (Å²) < 4.78 is 0. The Morgan fingerprint density at radius 2 is 1.81 bits per heavy atom. The van der Waals surface area contributed by atoms with Gasteiger partial charge in [0.2, 0.25) is 0 Å². The number of carbonyl (C=O) groups excluding carboxylic acids is 1. The van der Waals surface area contributed by atoms with E-state index in [2.05, 4.69) is 15.3 Å². The largest absolute Gasteiger partial charge is 0.354 e. The molecule has 0 aliphatic heterocycles. The number of hydrogen-bond acceptors (Lipinski definition) is 4. The van der Waals surface area contributed by atoms with Gasteiger partial charge in [-0.1, -0.05) is 53.5 Å². The monoisotopic (exact) mass is 386 g/mol. The second-order valence-electron chi connectivity index (χ2n) is 5.68. The maximum absolute atomic E-state index is 12.3. The molecule has 1 heterocycles. The first kappa shape index (κ1) is 18.2. The topological polar surface area (TPSA) is 58.1 Å². The SMILES string of the molecule is CN(Cc1ccccc1)c1cnc(C(=O)Nc2ccc(Cl)c(Cl)c2)cn1. The molecule has 0 fully saturated rings. The normalized spacial score (nSPS) is 10.4. The summed E-state index contributed by atoms with van der Waals surface area (Å²) in [4.78, 5) is 22.8. The van der Waals surface area contributed by atoms with Crippen LogP contribution < -0.4 is 10.2 Å². The smallest absolute Gasteiger partial charge is 0.275 e. The van der Waals surface area contributed by atoms with Crippen LogP contribution in [0.1, 0.15) is 16.1 Å². The molecule has 0 radical (unpaired) electrons. The highest BCUT2D eigenvalue weighted by molar-refractivity contribution is 6.42. The van der Waals surface area contributed by atoms with E-state index in [1.807, 2.05) is 42.3 Å². The second kappa shape index (κ2) is 8.17. The number of benzene rings is 2. The Morgan fingerprint density at radius 3 is 2.46 bits per heavy atom. The number of carbonyl (C=O) groups is 1. The lowest BCUT2D eigenvalue weighted by Gasteiger charge is -2.17. The van der Waals surface area contributed by atoms with E-state index in [-0.39, 0.29) is 11.6 Å². The molecule has 132 valence electrons. The van der Waals surface area contributed by atoms with Crippen LogP contribution in [0.15, 0.2) is 60.9 Å². The first-order chi connectivity index (χ1) is 12.5. The Balaban J connectivity index is 1.66. The average molecular weight is 387 g/mol. The molecule has 3 aromatic rings. The molecule has 0 aliphatic carbocycles. The molecule has 1 aromatic heterocycles. The minimum atomic E-state index is -0.367. The molecule has 0 aliphatic rings. The van der Waals surface area contributed by atoms with Crippen LogP contribution >= 0.6 is 23.2 Å². The standard InChI is InChI=1S/C19H16Cl2N4O/c1-25(12-13-5-3-2-4-6-13)18-11-22-17(10-23-18)19(26)24-14-7-8-15(20)16(21)9-14/h2-11H,12H2,1H3,(H,24,26). The number of anilines is 2. The molecule has 0 unspecified atom stereocenters. The van der Waals surface area contributed by atoms with E-state index in [0.717, 1.165) is 0 Å². The first-order valence-corrected chi connectivity index (χ1v) is 8.62. The van der Waals surface area contributed by atoms with Crippen LogP contribution in [0, 0.1) is 0 Å². The maximum Gasteiger partial charge on any atom is 0.275 e. The summed E-state index contributed by atoms with van der Waals surface area (Å²) in [5, 5.41) is 3.51. The van der Waals surface area contributed by atoms with E-state index in [0.29, 0.717) is 28.1 Å². The molecular formula is C19H16Cl2N4O. The van der Waals surface area contributed by atoms with Gasteiger partial charge in [0, 0.05) is 19.3 Å². The molecule has 26 heavy (non-hydrogen) atoms. The lowest BCUT2D eigenvalue weighted by Crippen LogP contribution is -2.19. The van der Waals surface area contributed by atoms with Crippen molar-refractivity contribution >= 4 is 40.6 Å². The summed E-state index contributed by atoms with van der Waals surface area (Å²) >= 11 is 11.8. The zero-order valence-electron chi connectivity index (χ0n) is 14.0. The average Bonchev–Trinajstić information content (AvgIpc) is 2.65. The first-order valence-electron chi connectivity index (χ1n) is 7.86. The highest BCUT2D eigenvalue weighted by atomic mass is 35.5. The molecule has 0 saturated heterocycles. The van der Waals surface area contributed by atoms with Crippen LogP contribution in [-0.4, -0.2) is 22.9 Å². The van der Waals surface area contributed by atoms with Gasteiger partial charge >= 0.3 is 0 Å². The van der Waals surface area contributed by atoms with Crippen molar-refractivity contribution in [2.75, 3.05) is 17.3 Å². The highest BCUT2D eigenvalue weighted by Gasteiger charge is 2.11. The van der Waals surface area contributed by atoms with Crippen molar-refractivity contribution < 1.29 is 4.79 Å². The lowest BCUT2D eigenvalue weighted by atomic mass is 10.2. The Bertz CT molecular complexity index is 901. The number of aromatic nitrogens is 2. The van der Waals surface area contributed by atoms with Crippen LogP contribution in [0.25, 0.3) is 0 Å². The predicted octanol–water partition coefficient (Wildman–Crippen LogP) is 4.67. The molecule has 3 rings (SSSR count). The van der Waals surface area contributed by atoms with Crippen molar-refractivity contribution in [1.82, 2.24) is 9.97 Å². The van der Waals surface area contributed by atoms with E-state index in [1.165, 1.54) is 11.8 Å². The van der Waals surface area contributed by atoms with Crippen LogP contribution in [0.4, 0.5) is 11.5 Å². The fourth-order valence-electron chi connectivity index (χ4n) is 2.34. The predicted molar refractivity (Wildman–Crippen MR) is 105 cm³/mol. The highest BCUT2D eigenvalue weighted by Crippen LogP contribution is 2.25. The van der Waals surface area contributed by atoms with Crippen LogP contribution in [-0.2, 0) is 6.54 Å². The van der Waals surface area contributed by atoms with Crippen molar-refractivity contribution in [3.05, 3.63) is 82.2 Å². The third-order valence-electron chi connectivity index (χ3n) is 3.70. The Hall–Kier alpha value is -2.63. The van der Waals surface area contributed by atoms with Gasteiger partial charge in [-0.2, -0.15) is 0 Å². The minimum absolute atomic E-state index is 0.216. The molecule has 0 saturated carbocycles. The zero-order chi connectivity index (χ0) is 18.5. The molecule has 7 heteroatoms. The van der Waals surface area contributed by atoms with Crippen LogP contribution in [0.3, 0.4) is 0 Å². The number of nitrogens with zero attached hydrogens (tertiary/aromatic N) is 3. The molecule has 2 aromatic carbocycles. The van der Waals surface area contributed by atoms with Crippen LogP contribution in [0.2, 0.25) is 10.0 Å². The van der Waals surface area contributed by atoms with E-state index >= 15 is 0 Å². The molecular weight excluding hydrogens is 371 g/mol. The Kier molecular flexibility index (Phi) is 5.71. The summed E-state index contributed by atoms with van der Waals surface area (Å²) in [6, 6.07) is 14.9. The van der Waals surface area contributed by atoms with Crippen molar-refractivity contribution in [2.45, 2.75) is 6.54 Å². The summed E-state index contributed by atoms with van der Waals surface area (Å²) in [5.41, 5.74) is 1.92. The van der Waals surface area contributed by atoms with Crippen molar-refractivity contribution in [3.63, 3.8) is 0 Å². The third-order valence-corrected chi connectivity index (χ3v) is 4.44. The number of rotatable bonds is 5. The number of halogens is 2. The maximum atomic E-state index is 12.3. The van der Waals surface area contributed by atoms with Gasteiger partial charge in [0.15, 0.2) is 0 Å². The zero-order valence-corrected chi connectivity index (χ0v) is 15.5. The fraction of sp³-hybridized carbons (Fsp3) is 0.105. The van der Waals surface area contributed by atoms with Gasteiger partial charge in [-0.3, -0.25) is 4.79 Å². The Morgan fingerprint density at radius 1 is 1.04 bits per heavy atom. The fourth-order valence-corrected chi connectivity index (χ4v) is 2.64. The quantitative estimate of drug-likeness (QED) is 0.691. The number of nitrogens with one attached hydrogen (secondary N) is 1. The van der Waals surface area contributed by atoms with E-state index in [9.17, 15) is 4.79 Å². The molecule has 5 nitrogen and oxygen atoms in total. The van der Waals surface area contributed by atoms with Gasteiger partial charge in [0.1, 0.15) is 11.5 Å². The molecule has 1 amide bonds. The molecule has 0 spiro atoms. The van der Waals surface area contributed by atoms with Crippen molar-refractivity contribution in [1.29, 1.82) is 0 Å². The van der Waals surface area contributed by atoms with Gasteiger partial charge in [0.25, 0.3) is 5.91 Å². The van der Waals surface area contributed by atoms with Crippen LogP contribution in [0.5, 0.6) is 0 Å². The van der Waals surface area contributed by atoms with Gasteiger partial charge < -0.3 is 10.2 Å². The Labute approximate surface area is 161 Å². The summed E-state index contributed by atoms with van der Waals surface area (Å²) in [6.07, 6.45) is 3.02. The van der Waals surface area contributed by atoms with Crippen molar-refractivity contribution in [3.8, 4) is 0 Å². The number of hydrogen-bond donors (Lipinski definition) is 1. The molecule has 0 atom stereocenters. The summed E-state index contributed by atoms with van der Waals surface area (Å²) in [7, 11) is 1.92. The minimum Gasteiger partial charge on any atom is -0.354 e. The summed E-state index contributed by atoms with van der Waals surface area (Å²) in [6.45, 7) is 0.699. The second-order valence-corrected chi connectivity index (χ2v) is 6.50. The van der Waals surface area contributed by atoms with Crippen molar-refractivity contribution in [2.24, 2.45) is 0 Å². The third kappa shape index (κ3) is 4.50. The van der Waals surface area contributed by atoms with E-state index in [4.69, 9.17) is 23.2 Å². The lowest BCUT2D eigenvalue weighted by molar-refractivity contribution is 0.102. The molecule has 0 bridgehead atoms. The van der Waals surface area contributed by atoms with E-state index in [1.54, 1.807) is 24.4 Å². The summed E-state index contributed by atoms with van der Waals surface area (Å²) in [5.74, 6) is 0.313. The number of amides is 1. The molecule has 1 N–H and O–H groups in total. The van der Waals surface area contributed by atoms with Gasteiger partial charge in [-0.15, -0.1) is 0 Å². The van der Waals surface area contributed by atoms with Gasteiger partial charge in [-0.05, 0) is 23.8 Å².